The maximum Gasteiger partial charge on any atom is 0.220 e. The number of hydrogen-bond acceptors (Lipinski definition) is 3. The first-order valence-corrected chi connectivity index (χ1v) is 7.54. The van der Waals surface area contributed by atoms with Crippen molar-refractivity contribution in [1.82, 2.24) is 15.5 Å². The van der Waals surface area contributed by atoms with Crippen molar-refractivity contribution >= 4 is 5.91 Å². The molecule has 4 nitrogen and oxygen atoms in total. The SMILES string of the molecule is O=C(CCCN1CCNCC1)NCCC1CCC1. The molecule has 104 valence electrons. The fraction of sp³-hybridized carbons (Fsp3) is 0.929. The Morgan fingerprint density at radius 2 is 2.06 bits per heavy atom. The number of piperazine rings is 1. The molecule has 0 spiro atoms. The van der Waals surface area contributed by atoms with Gasteiger partial charge in [0.25, 0.3) is 0 Å². The van der Waals surface area contributed by atoms with E-state index >= 15 is 0 Å². The van der Waals surface area contributed by atoms with Crippen LogP contribution in [-0.4, -0.2) is 50.1 Å². The van der Waals surface area contributed by atoms with Crippen LogP contribution in [0.4, 0.5) is 0 Å². The van der Waals surface area contributed by atoms with E-state index in [0.29, 0.717) is 6.42 Å². The van der Waals surface area contributed by atoms with Gasteiger partial charge < -0.3 is 15.5 Å². The zero-order valence-corrected chi connectivity index (χ0v) is 11.4. The molecule has 1 aliphatic carbocycles. The highest BCUT2D eigenvalue weighted by Gasteiger charge is 2.16. The van der Waals surface area contributed by atoms with Gasteiger partial charge in [-0.3, -0.25) is 4.79 Å². The summed E-state index contributed by atoms with van der Waals surface area (Å²) in [5, 5.41) is 6.39. The Hall–Kier alpha value is -0.610. The minimum absolute atomic E-state index is 0.240. The summed E-state index contributed by atoms with van der Waals surface area (Å²) in [6, 6.07) is 0. The molecule has 0 unspecified atom stereocenters. The largest absolute Gasteiger partial charge is 0.356 e. The molecule has 1 heterocycles. The third kappa shape index (κ3) is 4.94. The van der Waals surface area contributed by atoms with Crippen molar-refractivity contribution in [1.29, 1.82) is 0 Å². The van der Waals surface area contributed by atoms with Gasteiger partial charge in [-0.05, 0) is 25.3 Å². The lowest BCUT2D eigenvalue weighted by atomic mass is 9.83. The zero-order valence-electron chi connectivity index (χ0n) is 11.4. The Morgan fingerprint density at radius 3 is 2.72 bits per heavy atom. The second-order valence-electron chi connectivity index (χ2n) is 5.63. The highest BCUT2D eigenvalue weighted by atomic mass is 16.1. The van der Waals surface area contributed by atoms with Gasteiger partial charge in [0.1, 0.15) is 0 Å². The average Bonchev–Trinajstić information content (AvgIpc) is 2.34. The molecule has 1 saturated carbocycles. The van der Waals surface area contributed by atoms with Crippen molar-refractivity contribution in [2.75, 3.05) is 39.3 Å². The molecule has 18 heavy (non-hydrogen) atoms. The Kier molecular flexibility index (Phi) is 5.94. The molecule has 1 amide bonds. The van der Waals surface area contributed by atoms with Crippen LogP contribution in [-0.2, 0) is 4.79 Å². The number of hydrogen-bond donors (Lipinski definition) is 2. The molecule has 0 aromatic carbocycles. The van der Waals surface area contributed by atoms with Gasteiger partial charge in [0.05, 0.1) is 0 Å². The van der Waals surface area contributed by atoms with Gasteiger partial charge in [0.2, 0.25) is 5.91 Å². The maximum absolute atomic E-state index is 11.6. The molecule has 2 N–H and O–H groups in total. The smallest absolute Gasteiger partial charge is 0.220 e. The number of nitrogens with one attached hydrogen (secondary N) is 2. The van der Waals surface area contributed by atoms with E-state index in [4.69, 9.17) is 0 Å². The maximum atomic E-state index is 11.6. The molecule has 2 rings (SSSR count). The van der Waals surface area contributed by atoms with Crippen LogP contribution in [0, 0.1) is 5.92 Å². The molecule has 0 bridgehead atoms. The number of nitrogens with zero attached hydrogens (tertiary/aromatic N) is 1. The van der Waals surface area contributed by atoms with Crippen molar-refractivity contribution in [3.05, 3.63) is 0 Å². The van der Waals surface area contributed by atoms with Crippen LogP contribution in [0.25, 0.3) is 0 Å². The lowest BCUT2D eigenvalue weighted by Crippen LogP contribution is -2.43. The molecule has 0 radical (unpaired) electrons. The summed E-state index contributed by atoms with van der Waals surface area (Å²) in [4.78, 5) is 14.1. The molecule has 2 fully saturated rings. The Balaban J connectivity index is 1.43. The van der Waals surface area contributed by atoms with Gasteiger partial charge in [0.15, 0.2) is 0 Å². The van der Waals surface area contributed by atoms with E-state index in [9.17, 15) is 4.79 Å². The normalized spacial score (nSPS) is 21.6. The second kappa shape index (κ2) is 7.74. The van der Waals surface area contributed by atoms with Gasteiger partial charge in [-0.25, -0.2) is 0 Å². The highest BCUT2D eigenvalue weighted by Crippen LogP contribution is 2.28. The zero-order chi connectivity index (χ0) is 12.6. The molecule has 0 aromatic heterocycles. The second-order valence-corrected chi connectivity index (χ2v) is 5.63. The fourth-order valence-corrected chi connectivity index (χ4v) is 2.68. The van der Waals surface area contributed by atoms with E-state index in [2.05, 4.69) is 15.5 Å². The lowest BCUT2D eigenvalue weighted by molar-refractivity contribution is -0.121. The highest BCUT2D eigenvalue weighted by molar-refractivity contribution is 5.75. The van der Waals surface area contributed by atoms with Crippen LogP contribution in [0.5, 0.6) is 0 Å². The van der Waals surface area contributed by atoms with Crippen molar-refractivity contribution in [3.8, 4) is 0 Å². The van der Waals surface area contributed by atoms with Crippen LogP contribution >= 0.6 is 0 Å². The Labute approximate surface area is 110 Å². The quantitative estimate of drug-likeness (QED) is 0.711. The third-order valence-electron chi connectivity index (χ3n) is 4.19. The first-order chi connectivity index (χ1) is 8.84. The molecule has 2 aliphatic rings. The van der Waals surface area contributed by atoms with Gasteiger partial charge in [0, 0.05) is 39.1 Å². The van der Waals surface area contributed by atoms with E-state index in [0.717, 1.165) is 51.6 Å². The molecular formula is C14H27N3O. The molecule has 4 heteroatoms. The van der Waals surface area contributed by atoms with Crippen LogP contribution < -0.4 is 10.6 Å². The van der Waals surface area contributed by atoms with Gasteiger partial charge in [-0.2, -0.15) is 0 Å². The van der Waals surface area contributed by atoms with E-state index in [-0.39, 0.29) is 5.91 Å². The van der Waals surface area contributed by atoms with E-state index in [1.807, 2.05) is 0 Å². The summed E-state index contributed by atoms with van der Waals surface area (Å²) in [6.07, 6.45) is 7.01. The number of amides is 1. The van der Waals surface area contributed by atoms with E-state index in [1.165, 1.54) is 25.7 Å². The van der Waals surface area contributed by atoms with Crippen molar-refractivity contribution < 1.29 is 4.79 Å². The van der Waals surface area contributed by atoms with Gasteiger partial charge in [-0.15, -0.1) is 0 Å². The average molecular weight is 253 g/mol. The first kappa shape index (κ1) is 13.8. The monoisotopic (exact) mass is 253 g/mol. The van der Waals surface area contributed by atoms with Crippen molar-refractivity contribution in [2.45, 2.75) is 38.5 Å². The summed E-state index contributed by atoms with van der Waals surface area (Å²) in [5.74, 6) is 1.13. The number of carbonyl (C=O) groups excluding carboxylic acids is 1. The van der Waals surface area contributed by atoms with E-state index < -0.39 is 0 Å². The van der Waals surface area contributed by atoms with Crippen LogP contribution in [0.2, 0.25) is 0 Å². The minimum Gasteiger partial charge on any atom is -0.356 e. The van der Waals surface area contributed by atoms with Crippen LogP contribution in [0.15, 0.2) is 0 Å². The molecule has 1 aliphatic heterocycles. The van der Waals surface area contributed by atoms with Crippen LogP contribution in [0.3, 0.4) is 0 Å². The molecular weight excluding hydrogens is 226 g/mol. The Morgan fingerprint density at radius 1 is 1.28 bits per heavy atom. The standard InChI is InChI=1S/C14H27N3O/c18-14(16-7-6-13-3-1-4-13)5-2-10-17-11-8-15-9-12-17/h13,15H,1-12H2,(H,16,18). The summed E-state index contributed by atoms with van der Waals surface area (Å²) in [7, 11) is 0. The third-order valence-corrected chi connectivity index (χ3v) is 4.19. The Bertz CT molecular complexity index is 247. The molecule has 0 aromatic rings. The van der Waals surface area contributed by atoms with Crippen molar-refractivity contribution in [2.24, 2.45) is 5.92 Å². The first-order valence-electron chi connectivity index (χ1n) is 7.54. The van der Waals surface area contributed by atoms with Crippen LogP contribution in [0.1, 0.15) is 38.5 Å². The summed E-state index contributed by atoms with van der Waals surface area (Å²) >= 11 is 0. The summed E-state index contributed by atoms with van der Waals surface area (Å²) < 4.78 is 0. The van der Waals surface area contributed by atoms with E-state index in [1.54, 1.807) is 0 Å². The molecule has 0 atom stereocenters. The van der Waals surface area contributed by atoms with Gasteiger partial charge >= 0.3 is 0 Å². The van der Waals surface area contributed by atoms with Crippen molar-refractivity contribution in [3.63, 3.8) is 0 Å². The summed E-state index contributed by atoms with van der Waals surface area (Å²) in [5.41, 5.74) is 0. The predicted molar refractivity (Wildman–Crippen MR) is 73.5 cm³/mol. The molecule has 1 saturated heterocycles. The fourth-order valence-electron chi connectivity index (χ4n) is 2.68. The number of rotatable bonds is 7. The number of carbonyl (C=O) groups is 1. The summed E-state index contributed by atoms with van der Waals surface area (Å²) in [6.45, 7) is 6.39. The topological polar surface area (TPSA) is 44.4 Å². The van der Waals surface area contributed by atoms with Gasteiger partial charge in [-0.1, -0.05) is 19.3 Å². The predicted octanol–water partition coefficient (Wildman–Crippen LogP) is 0.978. The minimum atomic E-state index is 0.240. The lowest BCUT2D eigenvalue weighted by Gasteiger charge is -2.27.